The molecule has 1 N–H and O–H groups in total. The minimum Gasteiger partial charge on any atom is -0.350 e. The molecule has 4 nitrogen and oxygen atoms in total. The molecule has 0 spiro atoms. The van der Waals surface area contributed by atoms with Crippen molar-refractivity contribution in [3.63, 3.8) is 0 Å². The van der Waals surface area contributed by atoms with Crippen LogP contribution < -0.4 is 5.32 Å². The first kappa shape index (κ1) is 22.3. The van der Waals surface area contributed by atoms with Gasteiger partial charge >= 0.3 is 0 Å². The van der Waals surface area contributed by atoms with Crippen molar-refractivity contribution in [2.75, 3.05) is 0 Å². The maximum atomic E-state index is 13.1. The smallest absolute Gasteiger partial charge is 0.242 e. The number of halogens is 2. The van der Waals surface area contributed by atoms with Crippen LogP contribution in [0.3, 0.4) is 0 Å². The zero-order valence-corrected chi connectivity index (χ0v) is 18.1. The first-order valence-electron chi connectivity index (χ1n) is 9.16. The Morgan fingerprint density at radius 1 is 1.07 bits per heavy atom. The van der Waals surface area contributed by atoms with E-state index in [0.717, 1.165) is 11.1 Å². The van der Waals surface area contributed by atoms with Gasteiger partial charge in [-0.2, -0.15) is 0 Å². The maximum Gasteiger partial charge on any atom is 0.242 e. The van der Waals surface area contributed by atoms with Gasteiger partial charge in [0.05, 0.1) is 6.42 Å². The SMILES string of the molecule is C[C@H](C(=O)NC(C)(C)C)N(Cc1cccc(Cl)c1)C(=O)Cc1ccccc1Cl. The number of nitrogens with zero attached hydrogens (tertiary/aromatic N) is 1. The van der Waals surface area contributed by atoms with Crippen molar-refractivity contribution in [3.05, 3.63) is 69.7 Å². The Hall–Kier alpha value is -2.04. The predicted molar refractivity (Wildman–Crippen MR) is 115 cm³/mol. The zero-order valence-electron chi connectivity index (χ0n) is 16.6. The van der Waals surface area contributed by atoms with Crippen LogP contribution in [0.15, 0.2) is 48.5 Å². The summed E-state index contributed by atoms with van der Waals surface area (Å²) in [6, 6.07) is 13.9. The van der Waals surface area contributed by atoms with Crippen molar-refractivity contribution in [1.29, 1.82) is 0 Å². The normalized spacial score (nSPS) is 12.4. The molecule has 2 aromatic rings. The Kier molecular flexibility index (Phi) is 7.50. The van der Waals surface area contributed by atoms with E-state index in [-0.39, 0.29) is 24.8 Å². The molecule has 0 unspecified atom stereocenters. The molecule has 0 radical (unpaired) electrons. The van der Waals surface area contributed by atoms with Crippen LogP contribution in [0.25, 0.3) is 0 Å². The monoisotopic (exact) mass is 420 g/mol. The average Bonchev–Trinajstić information content (AvgIpc) is 2.59. The number of rotatable bonds is 6. The third-order valence-corrected chi connectivity index (χ3v) is 4.81. The lowest BCUT2D eigenvalue weighted by Crippen LogP contribution is -2.52. The Labute approximate surface area is 176 Å². The minimum absolute atomic E-state index is 0.118. The average molecular weight is 421 g/mol. The summed E-state index contributed by atoms with van der Waals surface area (Å²) in [5, 5.41) is 4.06. The van der Waals surface area contributed by atoms with Gasteiger partial charge in [-0.15, -0.1) is 0 Å². The lowest BCUT2D eigenvalue weighted by molar-refractivity contribution is -0.140. The van der Waals surface area contributed by atoms with Crippen LogP contribution in [0, 0.1) is 0 Å². The topological polar surface area (TPSA) is 49.4 Å². The van der Waals surface area contributed by atoms with E-state index in [1.54, 1.807) is 30.0 Å². The van der Waals surface area contributed by atoms with Crippen LogP contribution in [0.1, 0.15) is 38.8 Å². The first-order valence-corrected chi connectivity index (χ1v) is 9.92. The van der Waals surface area contributed by atoms with Crippen LogP contribution in [0.5, 0.6) is 0 Å². The van der Waals surface area contributed by atoms with Gasteiger partial charge < -0.3 is 10.2 Å². The summed E-state index contributed by atoms with van der Waals surface area (Å²) in [6.45, 7) is 7.73. The number of amides is 2. The van der Waals surface area contributed by atoms with Gasteiger partial charge in [-0.1, -0.05) is 53.5 Å². The fraction of sp³-hybridized carbons (Fsp3) is 0.364. The lowest BCUT2D eigenvalue weighted by atomic mass is 10.1. The Morgan fingerprint density at radius 2 is 1.75 bits per heavy atom. The summed E-state index contributed by atoms with van der Waals surface area (Å²) >= 11 is 12.3. The molecule has 0 aliphatic heterocycles. The highest BCUT2D eigenvalue weighted by Gasteiger charge is 2.28. The van der Waals surface area contributed by atoms with E-state index >= 15 is 0 Å². The molecule has 0 aromatic heterocycles. The van der Waals surface area contributed by atoms with Gasteiger partial charge in [0.1, 0.15) is 6.04 Å². The molecule has 0 bridgehead atoms. The van der Waals surface area contributed by atoms with Crippen LogP contribution >= 0.6 is 23.2 Å². The molecule has 28 heavy (non-hydrogen) atoms. The van der Waals surface area contributed by atoms with Gasteiger partial charge in [-0.3, -0.25) is 9.59 Å². The summed E-state index contributed by atoms with van der Waals surface area (Å²) in [6.07, 6.45) is 0.118. The van der Waals surface area contributed by atoms with Crippen LogP contribution in [0.4, 0.5) is 0 Å². The largest absolute Gasteiger partial charge is 0.350 e. The van der Waals surface area contributed by atoms with Crippen LogP contribution in [0.2, 0.25) is 10.0 Å². The molecular weight excluding hydrogens is 395 g/mol. The summed E-state index contributed by atoms with van der Waals surface area (Å²) in [5.74, 6) is -0.383. The highest BCUT2D eigenvalue weighted by atomic mass is 35.5. The standard InChI is InChI=1S/C22H26Cl2N2O2/c1-15(21(28)25-22(2,3)4)26(14-16-8-7-10-18(23)12-16)20(27)13-17-9-5-6-11-19(17)24/h5-12,15H,13-14H2,1-4H3,(H,25,28)/t15-/m1/s1. The van der Waals surface area contributed by atoms with E-state index in [4.69, 9.17) is 23.2 Å². The van der Waals surface area contributed by atoms with Crippen LogP contribution in [-0.4, -0.2) is 28.3 Å². The third-order valence-electron chi connectivity index (χ3n) is 4.21. The summed E-state index contributed by atoms with van der Waals surface area (Å²) in [5.41, 5.74) is 1.20. The van der Waals surface area contributed by atoms with Crippen molar-refractivity contribution in [3.8, 4) is 0 Å². The molecule has 0 saturated heterocycles. The fourth-order valence-electron chi connectivity index (χ4n) is 2.79. The van der Waals surface area contributed by atoms with Crippen molar-refractivity contribution in [2.24, 2.45) is 0 Å². The highest BCUT2D eigenvalue weighted by Crippen LogP contribution is 2.19. The quantitative estimate of drug-likeness (QED) is 0.724. The second-order valence-corrected chi connectivity index (χ2v) is 8.68. The molecular formula is C22H26Cl2N2O2. The maximum absolute atomic E-state index is 13.1. The van der Waals surface area contributed by atoms with Gasteiger partial charge in [0.15, 0.2) is 0 Å². The Bertz CT molecular complexity index is 846. The number of carbonyl (C=O) groups is 2. The van der Waals surface area contributed by atoms with E-state index in [1.807, 2.05) is 51.1 Å². The summed E-state index contributed by atoms with van der Waals surface area (Å²) in [4.78, 5) is 27.4. The molecule has 150 valence electrons. The molecule has 0 heterocycles. The van der Waals surface area contributed by atoms with Gasteiger partial charge in [-0.25, -0.2) is 0 Å². The van der Waals surface area contributed by atoms with Gasteiger partial charge in [0, 0.05) is 22.1 Å². The Balaban J connectivity index is 2.27. The molecule has 0 saturated carbocycles. The molecule has 1 atom stereocenters. The third kappa shape index (κ3) is 6.54. The fourth-order valence-corrected chi connectivity index (χ4v) is 3.21. The number of benzene rings is 2. The second kappa shape index (κ2) is 9.44. The summed E-state index contributed by atoms with van der Waals surface area (Å²) in [7, 11) is 0. The molecule has 6 heteroatoms. The van der Waals surface area contributed by atoms with E-state index in [0.29, 0.717) is 10.0 Å². The molecule has 2 amide bonds. The number of carbonyl (C=O) groups excluding carboxylic acids is 2. The van der Waals surface area contributed by atoms with Gasteiger partial charge in [-0.05, 0) is 57.0 Å². The van der Waals surface area contributed by atoms with E-state index < -0.39 is 11.6 Å². The van der Waals surface area contributed by atoms with Crippen molar-refractivity contribution < 1.29 is 9.59 Å². The lowest BCUT2D eigenvalue weighted by Gasteiger charge is -2.31. The number of hydrogen-bond donors (Lipinski definition) is 1. The second-order valence-electron chi connectivity index (χ2n) is 7.83. The highest BCUT2D eigenvalue weighted by molar-refractivity contribution is 6.31. The number of hydrogen-bond acceptors (Lipinski definition) is 2. The van der Waals surface area contributed by atoms with E-state index in [2.05, 4.69) is 5.32 Å². The van der Waals surface area contributed by atoms with Gasteiger partial charge in [0.25, 0.3) is 0 Å². The van der Waals surface area contributed by atoms with Crippen molar-refractivity contribution in [2.45, 2.75) is 52.2 Å². The number of nitrogens with one attached hydrogen (secondary N) is 1. The summed E-state index contributed by atoms with van der Waals surface area (Å²) < 4.78 is 0. The van der Waals surface area contributed by atoms with E-state index in [1.165, 1.54) is 0 Å². The predicted octanol–water partition coefficient (Wildman–Crippen LogP) is 4.87. The van der Waals surface area contributed by atoms with Crippen molar-refractivity contribution in [1.82, 2.24) is 10.2 Å². The molecule has 0 aliphatic rings. The molecule has 2 rings (SSSR count). The van der Waals surface area contributed by atoms with Crippen molar-refractivity contribution >= 4 is 35.0 Å². The minimum atomic E-state index is -0.645. The van der Waals surface area contributed by atoms with Crippen LogP contribution in [-0.2, 0) is 22.6 Å². The molecule has 0 fully saturated rings. The molecule has 0 aliphatic carbocycles. The first-order chi connectivity index (χ1) is 13.1. The zero-order chi connectivity index (χ0) is 20.9. The van der Waals surface area contributed by atoms with E-state index in [9.17, 15) is 9.59 Å². The molecule has 2 aromatic carbocycles. The Morgan fingerprint density at radius 3 is 2.36 bits per heavy atom. The van der Waals surface area contributed by atoms with Gasteiger partial charge in [0.2, 0.25) is 11.8 Å².